The normalized spacial score (nSPS) is 23.6. The lowest BCUT2D eigenvalue weighted by Gasteiger charge is -2.26. The van der Waals surface area contributed by atoms with Crippen LogP contribution in [-0.4, -0.2) is 35.1 Å². The highest BCUT2D eigenvalue weighted by atomic mass is 19.4. The van der Waals surface area contributed by atoms with E-state index in [1.165, 1.54) is 6.08 Å². The molecule has 1 amide bonds. The molecule has 0 radical (unpaired) electrons. The van der Waals surface area contributed by atoms with Crippen molar-refractivity contribution in [1.82, 2.24) is 15.6 Å². The van der Waals surface area contributed by atoms with Crippen LogP contribution in [0.4, 0.5) is 26.3 Å². The second-order valence-corrected chi connectivity index (χ2v) is 6.89. The van der Waals surface area contributed by atoms with Gasteiger partial charge in [-0.3, -0.25) is 4.79 Å². The molecular weight excluding hydrogens is 366 g/mol. The highest BCUT2D eigenvalue weighted by Gasteiger charge is 2.54. The number of amides is 1. The van der Waals surface area contributed by atoms with Gasteiger partial charge in [0, 0.05) is 5.92 Å². The third kappa shape index (κ3) is 3.14. The van der Waals surface area contributed by atoms with Gasteiger partial charge in [-0.25, -0.2) is 5.01 Å². The average molecular weight is 382 g/mol. The van der Waals surface area contributed by atoms with E-state index in [4.69, 9.17) is 0 Å². The molecule has 3 rings (SSSR count). The highest BCUT2D eigenvalue weighted by molar-refractivity contribution is 6.00. The lowest BCUT2D eigenvalue weighted by Crippen LogP contribution is -2.48. The molecule has 0 aromatic rings. The summed E-state index contributed by atoms with van der Waals surface area (Å²) in [5, 5.41) is 9.58. The van der Waals surface area contributed by atoms with Gasteiger partial charge in [-0.05, 0) is 38.8 Å². The third-order valence-electron chi connectivity index (χ3n) is 4.48. The van der Waals surface area contributed by atoms with Crippen molar-refractivity contribution in [3.05, 3.63) is 23.7 Å². The van der Waals surface area contributed by atoms with Crippen LogP contribution in [0.5, 0.6) is 0 Å². The maximum atomic E-state index is 13.0. The predicted molar refractivity (Wildman–Crippen MR) is 79.1 cm³/mol. The zero-order valence-electron chi connectivity index (χ0n) is 13.8. The number of hydrogen-bond acceptors (Lipinski definition) is 4. The van der Waals surface area contributed by atoms with Gasteiger partial charge in [0.05, 0.1) is 5.70 Å². The molecule has 2 heterocycles. The zero-order chi connectivity index (χ0) is 19.5. The van der Waals surface area contributed by atoms with Gasteiger partial charge in [-0.1, -0.05) is 0 Å². The lowest BCUT2D eigenvalue weighted by atomic mass is 9.91. The smallest absolute Gasteiger partial charge is 0.345 e. The molecule has 11 heteroatoms. The number of halogens is 6. The Labute approximate surface area is 144 Å². The van der Waals surface area contributed by atoms with Crippen LogP contribution in [0.15, 0.2) is 28.8 Å². The first-order valence-corrected chi connectivity index (χ1v) is 7.84. The Morgan fingerprint density at radius 3 is 2.35 bits per heavy atom. The monoisotopic (exact) mass is 382 g/mol. The van der Waals surface area contributed by atoms with Crippen molar-refractivity contribution in [2.24, 2.45) is 16.4 Å². The second-order valence-electron chi connectivity index (χ2n) is 6.89. The average Bonchev–Trinajstić information content (AvgIpc) is 3.25. The minimum absolute atomic E-state index is 0.0309. The summed E-state index contributed by atoms with van der Waals surface area (Å²) < 4.78 is 77.8. The van der Waals surface area contributed by atoms with E-state index in [9.17, 15) is 31.1 Å². The lowest BCUT2D eigenvalue weighted by molar-refractivity contribution is -0.211. The van der Waals surface area contributed by atoms with Crippen LogP contribution in [0.3, 0.4) is 0 Å². The van der Waals surface area contributed by atoms with E-state index in [0.717, 1.165) is 24.9 Å². The van der Waals surface area contributed by atoms with Gasteiger partial charge in [0.25, 0.3) is 0 Å². The van der Waals surface area contributed by atoms with E-state index < -0.39 is 35.6 Å². The van der Waals surface area contributed by atoms with Gasteiger partial charge in [-0.2, -0.15) is 31.4 Å². The van der Waals surface area contributed by atoms with E-state index >= 15 is 0 Å². The van der Waals surface area contributed by atoms with Crippen LogP contribution in [0.2, 0.25) is 0 Å². The number of alkyl halides is 6. The van der Waals surface area contributed by atoms with Crippen LogP contribution >= 0.6 is 0 Å². The molecule has 1 atom stereocenters. The first-order valence-electron chi connectivity index (χ1n) is 7.84. The van der Waals surface area contributed by atoms with Gasteiger partial charge in [0.15, 0.2) is 5.71 Å². The Bertz CT molecular complexity index is 715. The molecule has 2 N–H and O–H groups in total. The molecule has 0 aromatic heterocycles. The molecule has 1 saturated carbocycles. The van der Waals surface area contributed by atoms with Crippen molar-refractivity contribution in [2.45, 2.75) is 45.2 Å². The summed E-state index contributed by atoms with van der Waals surface area (Å²) in [6.45, 7) is 1.48. The van der Waals surface area contributed by atoms with E-state index in [1.54, 1.807) is 0 Å². The van der Waals surface area contributed by atoms with E-state index in [2.05, 4.69) is 15.7 Å². The minimum atomic E-state index is -4.77. The largest absolute Gasteiger partial charge is 0.435 e. The van der Waals surface area contributed by atoms with Gasteiger partial charge < -0.3 is 10.6 Å². The van der Waals surface area contributed by atoms with Crippen molar-refractivity contribution >= 4 is 11.6 Å². The Balaban J connectivity index is 1.90. The fourth-order valence-electron chi connectivity index (χ4n) is 2.52. The second kappa shape index (κ2) is 5.65. The predicted octanol–water partition coefficient (Wildman–Crippen LogP) is 2.99. The Morgan fingerprint density at radius 1 is 1.23 bits per heavy atom. The van der Waals surface area contributed by atoms with Crippen molar-refractivity contribution in [3.63, 3.8) is 0 Å². The first kappa shape index (κ1) is 18.6. The number of carbonyl (C=O) groups excluding carboxylic acids is 1. The number of allylic oxidation sites excluding steroid dienone is 2. The molecule has 1 fully saturated rings. The number of carbonyl (C=O) groups is 1. The SMILES string of the molecule is CC(C)(C(=O)NC1=C(C2CC2)N2N=C(C(F)(F)F)C=CC2N1)C(F)(F)F. The fourth-order valence-corrected chi connectivity index (χ4v) is 2.52. The van der Waals surface area contributed by atoms with Crippen molar-refractivity contribution in [1.29, 1.82) is 0 Å². The fraction of sp³-hybridized carbons (Fsp3) is 0.600. The van der Waals surface area contributed by atoms with Crippen LogP contribution in [0, 0.1) is 11.3 Å². The molecule has 26 heavy (non-hydrogen) atoms. The third-order valence-corrected chi connectivity index (χ3v) is 4.48. The van der Waals surface area contributed by atoms with Crippen molar-refractivity contribution in [3.8, 4) is 0 Å². The Hall–Kier alpha value is -2.20. The Morgan fingerprint density at radius 2 is 1.85 bits per heavy atom. The van der Waals surface area contributed by atoms with E-state index in [-0.39, 0.29) is 17.4 Å². The number of hydrazone groups is 1. The highest BCUT2D eigenvalue weighted by Crippen LogP contribution is 2.44. The molecule has 0 bridgehead atoms. The van der Waals surface area contributed by atoms with Crippen molar-refractivity contribution < 1.29 is 31.1 Å². The molecule has 0 spiro atoms. The standard InChI is InChI=1S/C15H16F6N4O/c1-13(2,15(19,20)21)12(26)23-11-10(7-3-4-7)25-9(22-11)6-5-8(24-25)14(16,17)18/h5-7,9,22H,3-4H2,1-2H3,(H,23,26). The molecule has 0 aromatic carbocycles. The summed E-state index contributed by atoms with van der Waals surface area (Å²) >= 11 is 0. The maximum Gasteiger partial charge on any atom is 0.435 e. The van der Waals surface area contributed by atoms with Crippen LogP contribution in [0.25, 0.3) is 0 Å². The summed E-state index contributed by atoms with van der Waals surface area (Å²) in [5.41, 5.74) is -3.50. The van der Waals surface area contributed by atoms with Gasteiger partial charge in [0.2, 0.25) is 5.91 Å². The van der Waals surface area contributed by atoms with Crippen LogP contribution in [0.1, 0.15) is 26.7 Å². The number of rotatable bonds is 3. The zero-order valence-corrected chi connectivity index (χ0v) is 13.8. The number of hydrogen-bond donors (Lipinski definition) is 2. The van der Waals surface area contributed by atoms with Gasteiger partial charge >= 0.3 is 12.4 Å². The molecule has 1 unspecified atom stereocenters. The number of nitrogens with zero attached hydrogens (tertiary/aromatic N) is 2. The quantitative estimate of drug-likeness (QED) is 0.738. The molecular formula is C15H16F6N4O. The summed E-state index contributed by atoms with van der Waals surface area (Å²) in [5.74, 6) is -1.49. The molecule has 0 saturated heterocycles. The number of nitrogens with one attached hydrogen (secondary N) is 2. The Kier molecular flexibility index (Phi) is 4.04. The number of fused-ring (bicyclic) bond motifs is 1. The molecule has 3 aliphatic rings. The van der Waals surface area contributed by atoms with Gasteiger partial charge in [0.1, 0.15) is 17.4 Å². The molecule has 144 valence electrons. The van der Waals surface area contributed by atoms with E-state index in [0.29, 0.717) is 12.8 Å². The maximum absolute atomic E-state index is 13.0. The summed E-state index contributed by atoms with van der Waals surface area (Å²) in [6, 6.07) is 0. The van der Waals surface area contributed by atoms with Crippen molar-refractivity contribution in [2.75, 3.05) is 0 Å². The first-order chi connectivity index (χ1) is 11.8. The molecule has 1 aliphatic carbocycles. The topological polar surface area (TPSA) is 56.7 Å². The summed E-state index contributed by atoms with van der Waals surface area (Å²) in [6.07, 6.45) is -6.91. The summed E-state index contributed by atoms with van der Waals surface area (Å²) in [7, 11) is 0. The minimum Gasteiger partial charge on any atom is -0.345 e. The van der Waals surface area contributed by atoms with Crippen LogP contribution < -0.4 is 10.6 Å². The van der Waals surface area contributed by atoms with Crippen LogP contribution in [-0.2, 0) is 4.79 Å². The van der Waals surface area contributed by atoms with E-state index in [1.807, 2.05) is 0 Å². The van der Waals surface area contributed by atoms with Gasteiger partial charge in [-0.15, -0.1) is 0 Å². The molecule has 2 aliphatic heterocycles. The summed E-state index contributed by atoms with van der Waals surface area (Å²) in [4.78, 5) is 12.1. The molecule has 5 nitrogen and oxygen atoms in total.